The second-order valence-corrected chi connectivity index (χ2v) is 5.48. The highest BCUT2D eigenvalue weighted by atomic mass is 35.5. The normalized spacial score (nSPS) is 19.6. The van der Waals surface area contributed by atoms with Gasteiger partial charge >= 0.3 is 6.18 Å². The van der Waals surface area contributed by atoms with E-state index >= 15 is 0 Å². The van der Waals surface area contributed by atoms with Crippen molar-refractivity contribution in [3.63, 3.8) is 0 Å². The fraction of sp³-hybridized carbons (Fsp3) is 0.571. The van der Waals surface area contributed by atoms with Crippen molar-refractivity contribution in [1.29, 1.82) is 0 Å². The van der Waals surface area contributed by atoms with Gasteiger partial charge in [-0.05, 0) is 43.6 Å². The Hall–Kier alpha value is -0.940. The Morgan fingerprint density at radius 3 is 2.80 bits per heavy atom. The number of rotatable bonds is 4. The third-order valence-electron chi connectivity index (χ3n) is 3.59. The van der Waals surface area contributed by atoms with Gasteiger partial charge in [0.05, 0.1) is 10.6 Å². The van der Waals surface area contributed by atoms with Gasteiger partial charge in [0, 0.05) is 18.8 Å². The van der Waals surface area contributed by atoms with Gasteiger partial charge in [-0.15, -0.1) is 0 Å². The molecule has 1 heterocycles. The second kappa shape index (κ2) is 6.22. The van der Waals surface area contributed by atoms with E-state index in [2.05, 4.69) is 5.32 Å². The van der Waals surface area contributed by atoms with E-state index in [4.69, 9.17) is 11.6 Å². The number of nitrogens with zero attached hydrogens (tertiary/aromatic N) is 1. The standard InChI is InChI=1S/C14H18ClF3N2/c1-2-19-8-10-5-6-20(9-10)11-3-4-13(15)12(7-11)14(16,17)18/h3-4,7,10,19H,2,5-6,8-9H2,1H3. The van der Waals surface area contributed by atoms with Gasteiger partial charge in [-0.25, -0.2) is 0 Å². The van der Waals surface area contributed by atoms with Crippen LogP contribution >= 0.6 is 11.6 Å². The Labute approximate surface area is 121 Å². The molecule has 1 N–H and O–H groups in total. The average molecular weight is 307 g/mol. The lowest BCUT2D eigenvalue weighted by molar-refractivity contribution is -0.137. The monoisotopic (exact) mass is 306 g/mol. The van der Waals surface area contributed by atoms with Gasteiger partial charge in [-0.3, -0.25) is 0 Å². The van der Waals surface area contributed by atoms with E-state index in [0.717, 1.165) is 38.7 Å². The van der Waals surface area contributed by atoms with Crippen LogP contribution in [0.25, 0.3) is 0 Å². The molecule has 1 aliphatic heterocycles. The highest BCUT2D eigenvalue weighted by Crippen LogP contribution is 2.37. The Kier molecular flexibility index (Phi) is 4.81. The van der Waals surface area contributed by atoms with E-state index in [1.807, 2.05) is 11.8 Å². The maximum Gasteiger partial charge on any atom is 0.417 e. The third kappa shape index (κ3) is 3.58. The first kappa shape index (κ1) is 15.4. The molecule has 0 amide bonds. The van der Waals surface area contributed by atoms with E-state index in [1.54, 1.807) is 6.07 Å². The molecule has 1 atom stereocenters. The molecule has 1 saturated heterocycles. The van der Waals surface area contributed by atoms with E-state index in [9.17, 15) is 13.2 Å². The van der Waals surface area contributed by atoms with Gasteiger partial charge in [-0.2, -0.15) is 13.2 Å². The summed E-state index contributed by atoms with van der Waals surface area (Å²) in [6.07, 6.45) is -3.41. The van der Waals surface area contributed by atoms with Crippen LogP contribution in [0.15, 0.2) is 18.2 Å². The quantitative estimate of drug-likeness (QED) is 0.910. The van der Waals surface area contributed by atoms with Crippen LogP contribution in [-0.2, 0) is 6.18 Å². The van der Waals surface area contributed by atoms with E-state index in [-0.39, 0.29) is 5.02 Å². The minimum Gasteiger partial charge on any atom is -0.371 e. The summed E-state index contributed by atoms with van der Waals surface area (Å²) in [4.78, 5) is 1.99. The van der Waals surface area contributed by atoms with Crippen LogP contribution < -0.4 is 10.2 Å². The van der Waals surface area contributed by atoms with Crippen molar-refractivity contribution < 1.29 is 13.2 Å². The number of hydrogen-bond acceptors (Lipinski definition) is 2. The maximum absolute atomic E-state index is 12.8. The molecule has 1 aromatic carbocycles. The van der Waals surface area contributed by atoms with Crippen molar-refractivity contribution in [3.05, 3.63) is 28.8 Å². The predicted molar refractivity (Wildman–Crippen MR) is 75.3 cm³/mol. The van der Waals surface area contributed by atoms with Crippen molar-refractivity contribution in [1.82, 2.24) is 5.32 Å². The smallest absolute Gasteiger partial charge is 0.371 e. The van der Waals surface area contributed by atoms with Crippen LogP contribution in [0, 0.1) is 5.92 Å². The molecule has 0 aromatic heterocycles. The number of benzene rings is 1. The molecule has 112 valence electrons. The Bertz CT molecular complexity index is 462. The first-order valence-corrected chi connectivity index (χ1v) is 7.12. The zero-order chi connectivity index (χ0) is 14.8. The van der Waals surface area contributed by atoms with Crippen molar-refractivity contribution in [2.75, 3.05) is 31.1 Å². The maximum atomic E-state index is 12.8. The van der Waals surface area contributed by atoms with E-state index in [1.165, 1.54) is 6.07 Å². The van der Waals surface area contributed by atoms with Crippen molar-refractivity contribution >= 4 is 17.3 Å². The molecule has 0 spiro atoms. The summed E-state index contributed by atoms with van der Waals surface area (Å²) in [5.41, 5.74) is -0.160. The summed E-state index contributed by atoms with van der Waals surface area (Å²) in [6.45, 7) is 5.44. The topological polar surface area (TPSA) is 15.3 Å². The minimum atomic E-state index is -4.41. The predicted octanol–water partition coefficient (Wildman–Crippen LogP) is 3.79. The van der Waals surface area contributed by atoms with Crippen LogP contribution in [0.3, 0.4) is 0 Å². The summed E-state index contributed by atoms with van der Waals surface area (Å²) in [5, 5.41) is 3.03. The minimum absolute atomic E-state index is 0.246. The van der Waals surface area contributed by atoms with Crippen LogP contribution in [-0.4, -0.2) is 26.2 Å². The molecule has 6 heteroatoms. The average Bonchev–Trinajstić information content (AvgIpc) is 2.84. The lowest BCUT2D eigenvalue weighted by Crippen LogP contribution is -2.26. The summed E-state index contributed by atoms with van der Waals surface area (Å²) < 4.78 is 38.5. The fourth-order valence-electron chi connectivity index (χ4n) is 2.51. The number of halogens is 4. The Morgan fingerprint density at radius 1 is 1.40 bits per heavy atom. The molecule has 0 saturated carbocycles. The molecule has 1 aliphatic rings. The molecule has 1 fully saturated rings. The van der Waals surface area contributed by atoms with Crippen molar-refractivity contribution in [2.24, 2.45) is 5.92 Å². The van der Waals surface area contributed by atoms with Gasteiger partial charge in [0.1, 0.15) is 0 Å². The summed E-state index contributed by atoms with van der Waals surface area (Å²) >= 11 is 5.64. The Morgan fingerprint density at radius 2 is 2.15 bits per heavy atom. The third-order valence-corrected chi connectivity index (χ3v) is 3.92. The molecule has 1 unspecified atom stereocenters. The molecule has 0 bridgehead atoms. The molecular weight excluding hydrogens is 289 g/mol. The molecule has 0 aliphatic carbocycles. The van der Waals surface area contributed by atoms with Gasteiger partial charge < -0.3 is 10.2 Å². The first-order valence-electron chi connectivity index (χ1n) is 6.74. The SMILES string of the molecule is CCNCC1CCN(c2ccc(Cl)c(C(F)(F)F)c2)C1. The van der Waals surface area contributed by atoms with Crippen LogP contribution in [0.4, 0.5) is 18.9 Å². The van der Waals surface area contributed by atoms with Gasteiger partial charge in [0.25, 0.3) is 0 Å². The van der Waals surface area contributed by atoms with E-state index in [0.29, 0.717) is 11.6 Å². The highest BCUT2D eigenvalue weighted by Gasteiger charge is 2.34. The molecule has 20 heavy (non-hydrogen) atoms. The van der Waals surface area contributed by atoms with Gasteiger partial charge in [0.15, 0.2) is 0 Å². The zero-order valence-electron chi connectivity index (χ0n) is 11.3. The largest absolute Gasteiger partial charge is 0.417 e. The van der Waals surface area contributed by atoms with Gasteiger partial charge in [0.2, 0.25) is 0 Å². The zero-order valence-corrected chi connectivity index (χ0v) is 12.1. The van der Waals surface area contributed by atoms with Crippen LogP contribution in [0.5, 0.6) is 0 Å². The summed E-state index contributed by atoms with van der Waals surface area (Å²) in [7, 11) is 0. The molecule has 1 aromatic rings. The number of nitrogens with one attached hydrogen (secondary N) is 1. The molecular formula is C14H18ClF3N2. The van der Waals surface area contributed by atoms with Crippen molar-refractivity contribution in [3.8, 4) is 0 Å². The molecule has 0 radical (unpaired) electrons. The van der Waals surface area contributed by atoms with Gasteiger partial charge in [-0.1, -0.05) is 18.5 Å². The summed E-state index contributed by atoms with van der Waals surface area (Å²) in [6, 6.07) is 4.14. The number of alkyl halides is 3. The van der Waals surface area contributed by atoms with Crippen molar-refractivity contribution in [2.45, 2.75) is 19.5 Å². The lowest BCUT2D eigenvalue weighted by Gasteiger charge is -2.21. The second-order valence-electron chi connectivity index (χ2n) is 5.07. The molecule has 2 nitrogen and oxygen atoms in total. The number of anilines is 1. The fourth-order valence-corrected chi connectivity index (χ4v) is 2.73. The van der Waals surface area contributed by atoms with Crippen LogP contribution in [0.1, 0.15) is 18.9 Å². The van der Waals surface area contributed by atoms with Crippen LogP contribution in [0.2, 0.25) is 5.02 Å². The van der Waals surface area contributed by atoms with E-state index < -0.39 is 11.7 Å². The Balaban J connectivity index is 2.11. The molecule has 2 rings (SSSR count). The highest BCUT2D eigenvalue weighted by molar-refractivity contribution is 6.31. The lowest BCUT2D eigenvalue weighted by atomic mass is 10.1. The first-order chi connectivity index (χ1) is 9.41. The number of hydrogen-bond donors (Lipinski definition) is 1. The summed E-state index contributed by atoms with van der Waals surface area (Å²) in [5.74, 6) is 0.486.